The molecule has 78 heavy (non-hydrogen) atoms. The van der Waals surface area contributed by atoms with Crippen LogP contribution in [0.5, 0.6) is 0 Å². The molecule has 0 N–H and O–H groups in total. The predicted octanol–water partition coefficient (Wildman–Crippen LogP) is 23.5. The first-order chi connectivity index (χ1) is 38.5. The zero-order valence-corrected chi connectivity index (χ0v) is 52.2. The van der Waals surface area contributed by atoms with E-state index in [0.29, 0.717) is 19.3 Å². The number of ether oxygens (including phenoxy) is 3. The van der Waals surface area contributed by atoms with Gasteiger partial charge in [-0.15, -0.1) is 0 Å². The number of carbonyl (C=O) groups excluding carboxylic acids is 3. The molecule has 0 fully saturated rings. The van der Waals surface area contributed by atoms with Crippen LogP contribution in [0.25, 0.3) is 0 Å². The molecule has 0 saturated heterocycles. The second kappa shape index (κ2) is 66.6. The molecule has 0 aliphatic rings. The maximum absolute atomic E-state index is 12.9. The Balaban J connectivity index is 4.27. The molecule has 1 atom stereocenters. The Bertz CT molecular complexity index is 1390. The van der Waals surface area contributed by atoms with Crippen LogP contribution in [-0.2, 0) is 28.6 Å². The van der Waals surface area contributed by atoms with E-state index in [-0.39, 0.29) is 31.1 Å². The van der Waals surface area contributed by atoms with Gasteiger partial charge in [-0.05, 0) is 89.9 Å². The normalized spacial score (nSPS) is 12.4. The fourth-order valence-corrected chi connectivity index (χ4v) is 10.1. The largest absolute Gasteiger partial charge is 0.462 e. The quantitative estimate of drug-likeness (QED) is 0.0261. The molecule has 0 amide bonds. The highest BCUT2D eigenvalue weighted by Gasteiger charge is 2.19. The number of carbonyl (C=O) groups is 3. The molecule has 1 unspecified atom stereocenters. The van der Waals surface area contributed by atoms with Gasteiger partial charge in [0.05, 0.1) is 0 Å². The molecule has 0 bridgehead atoms. The zero-order chi connectivity index (χ0) is 56.4. The standard InChI is InChI=1S/C72H130O6/c1-4-7-10-13-16-19-22-25-28-30-32-33-34-35-36-37-38-39-41-42-44-47-50-53-56-59-62-65-71(74)77-68-69(67-76-70(73)64-61-58-55-52-49-46-27-24-21-18-15-12-9-6-3)78-72(75)66-63-60-57-54-51-48-45-43-40-31-29-26-23-20-17-14-11-8-5-2/h17,20,22,25-26,29-30,32,40,43,69H,4-16,18-19,21,23-24,27-28,31,33-39,41-42,44-68H2,1-3H3/b20-17-,25-22-,29-26-,32-30-,43-40-. The Morgan fingerprint density at radius 3 is 0.744 bits per heavy atom. The molecular weight excluding hydrogens is 961 g/mol. The van der Waals surface area contributed by atoms with Crippen LogP contribution in [0.1, 0.15) is 361 Å². The Hall–Kier alpha value is -2.89. The molecule has 0 aliphatic heterocycles. The summed E-state index contributed by atoms with van der Waals surface area (Å²) in [6.45, 7) is 6.65. The van der Waals surface area contributed by atoms with Crippen LogP contribution in [0.4, 0.5) is 0 Å². The molecule has 454 valence electrons. The van der Waals surface area contributed by atoms with Gasteiger partial charge in [-0.25, -0.2) is 0 Å². The molecule has 0 saturated carbocycles. The summed E-state index contributed by atoms with van der Waals surface area (Å²) in [6.07, 6.45) is 85.2. The van der Waals surface area contributed by atoms with Gasteiger partial charge in [0.2, 0.25) is 0 Å². The molecule has 0 aromatic rings. The number of hydrogen-bond acceptors (Lipinski definition) is 6. The van der Waals surface area contributed by atoms with Gasteiger partial charge in [0.1, 0.15) is 13.2 Å². The van der Waals surface area contributed by atoms with Gasteiger partial charge in [0.25, 0.3) is 0 Å². The number of unbranched alkanes of at least 4 members (excludes halogenated alkanes) is 42. The Labute approximate surface area is 485 Å². The average molecular weight is 1090 g/mol. The van der Waals surface area contributed by atoms with Crippen molar-refractivity contribution in [2.75, 3.05) is 13.2 Å². The number of hydrogen-bond donors (Lipinski definition) is 0. The molecule has 6 heteroatoms. The third-order valence-electron chi connectivity index (χ3n) is 15.2. The second-order valence-electron chi connectivity index (χ2n) is 23.1. The SMILES string of the molecule is CCCCC/C=C\C/C=C\C/C=C\CCCCCCCCC(=O)OC(COC(=O)CCCCCCCCCCCCCCCC)COC(=O)CCCCCCCCCCCCCCCCC/C=C\C/C=C\CCCCCCC. The Kier molecular flexibility index (Phi) is 64.2. The van der Waals surface area contributed by atoms with Crippen molar-refractivity contribution >= 4 is 17.9 Å². The molecular formula is C72H130O6. The monoisotopic (exact) mass is 1090 g/mol. The van der Waals surface area contributed by atoms with E-state index in [4.69, 9.17) is 14.2 Å². The van der Waals surface area contributed by atoms with E-state index in [2.05, 4.69) is 81.5 Å². The van der Waals surface area contributed by atoms with Gasteiger partial charge < -0.3 is 14.2 Å². The van der Waals surface area contributed by atoms with E-state index in [0.717, 1.165) is 83.5 Å². The molecule has 0 rings (SSSR count). The fraction of sp³-hybridized carbons (Fsp3) is 0.819. The van der Waals surface area contributed by atoms with Gasteiger partial charge in [0, 0.05) is 19.3 Å². The highest BCUT2D eigenvalue weighted by Crippen LogP contribution is 2.17. The summed E-state index contributed by atoms with van der Waals surface area (Å²) < 4.78 is 17.0. The lowest BCUT2D eigenvalue weighted by Crippen LogP contribution is -2.30. The lowest BCUT2D eigenvalue weighted by Gasteiger charge is -2.18. The third-order valence-corrected chi connectivity index (χ3v) is 15.2. The van der Waals surface area contributed by atoms with Crippen molar-refractivity contribution in [1.29, 1.82) is 0 Å². The first-order valence-corrected chi connectivity index (χ1v) is 34.3. The summed E-state index contributed by atoms with van der Waals surface area (Å²) in [5.41, 5.74) is 0. The lowest BCUT2D eigenvalue weighted by molar-refractivity contribution is -0.167. The molecule has 6 nitrogen and oxygen atoms in total. The van der Waals surface area contributed by atoms with Crippen molar-refractivity contribution in [1.82, 2.24) is 0 Å². The lowest BCUT2D eigenvalue weighted by atomic mass is 10.0. The smallest absolute Gasteiger partial charge is 0.306 e. The van der Waals surface area contributed by atoms with Crippen molar-refractivity contribution in [3.63, 3.8) is 0 Å². The summed E-state index contributed by atoms with van der Waals surface area (Å²) in [5.74, 6) is -0.866. The second-order valence-corrected chi connectivity index (χ2v) is 23.1. The van der Waals surface area contributed by atoms with Crippen molar-refractivity contribution in [3.05, 3.63) is 60.8 Å². The first-order valence-electron chi connectivity index (χ1n) is 34.3. The van der Waals surface area contributed by atoms with Crippen LogP contribution in [-0.4, -0.2) is 37.2 Å². The van der Waals surface area contributed by atoms with Gasteiger partial charge in [0.15, 0.2) is 6.10 Å². The van der Waals surface area contributed by atoms with Gasteiger partial charge in [-0.3, -0.25) is 14.4 Å². The summed E-state index contributed by atoms with van der Waals surface area (Å²) in [5, 5.41) is 0. The third kappa shape index (κ3) is 63.9. The van der Waals surface area contributed by atoms with Crippen molar-refractivity contribution in [3.8, 4) is 0 Å². The molecule has 0 radical (unpaired) electrons. The topological polar surface area (TPSA) is 78.9 Å². The number of esters is 3. The van der Waals surface area contributed by atoms with E-state index in [1.54, 1.807) is 0 Å². The van der Waals surface area contributed by atoms with Crippen LogP contribution >= 0.6 is 0 Å². The first kappa shape index (κ1) is 75.1. The maximum atomic E-state index is 12.9. The van der Waals surface area contributed by atoms with Crippen LogP contribution in [0.2, 0.25) is 0 Å². The summed E-state index contributed by atoms with van der Waals surface area (Å²) >= 11 is 0. The minimum Gasteiger partial charge on any atom is -0.462 e. The van der Waals surface area contributed by atoms with E-state index in [9.17, 15) is 14.4 Å². The summed E-state index contributed by atoms with van der Waals surface area (Å²) in [6, 6.07) is 0. The van der Waals surface area contributed by atoms with E-state index in [1.807, 2.05) is 0 Å². The van der Waals surface area contributed by atoms with Crippen molar-refractivity contribution < 1.29 is 28.6 Å². The van der Waals surface area contributed by atoms with Gasteiger partial charge >= 0.3 is 17.9 Å². The van der Waals surface area contributed by atoms with Crippen LogP contribution < -0.4 is 0 Å². The van der Waals surface area contributed by atoms with Gasteiger partial charge in [-0.1, -0.05) is 313 Å². The van der Waals surface area contributed by atoms with Crippen LogP contribution in [0.3, 0.4) is 0 Å². The Morgan fingerprint density at radius 2 is 0.462 bits per heavy atom. The minimum absolute atomic E-state index is 0.0754. The van der Waals surface area contributed by atoms with E-state index < -0.39 is 6.10 Å². The van der Waals surface area contributed by atoms with Gasteiger partial charge in [-0.2, -0.15) is 0 Å². The van der Waals surface area contributed by atoms with Crippen LogP contribution in [0.15, 0.2) is 60.8 Å². The summed E-state index contributed by atoms with van der Waals surface area (Å²) in [4.78, 5) is 38.4. The van der Waals surface area contributed by atoms with Crippen LogP contribution in [0, 0.1) is 0 Å². The van der Waals surface area contributed by atoms with E-state index in [1.165, 1.54) is 238 Å². The highest BCUT2D eigenvalue weighted by molar-refractivity contribution is 5.71. The molecule has 0 aliphatic carbocycles. The predicted molar refractivity (Wildman–Crippen MR) is 339 cm³/mol. The highest BCUT2D eigenvalue weighted by atomic mass is 16.6. The number of rotatable bonds is 63. The molecule has 0 aromatic heterocycles. The molecule has 0 heterocycles. The van der Waals surface area contributed by atoms with Crippen molar-refractivity contribution in [2.45, 2.75) is 367 Å². The molecule has 0 spiro atoms. The Morgan fingerprint density at radius 1 is 0.256 bits per heavy atom. The summed E-state index contributed by atoms with van der Waals surface area (Å²) in [7, 11) is 0. The average Bonchev–Trinajstić information content (AvgIpc) is 3.44. The van der Waals surface area contributed by atoms with Crippen molar-refractivity contribution in [2.24, 2.45) is 0 Å². The fourth-order valence-electron chi connectivity index (χ4n) is 10.1. The minimum atomic E-state index is -0.780. The van der Waals surface area contributed by atoms with E-state index >= 15 is 0 Å². The number of allylic oxidation sites excluding steroid dienone is 10. The molecule has 0 aromatic carbocycles. The maximum Gasteiger partial charge on any atom is 0.306 e. The zero-order valence-electron chi connectivity index (χ0n) is 52.2.